The van der Waals surface area contributed by atoms with Crippen LogP contribution in [0.25, 0.3) is 0 Å². The number of alkyl halides is 1. The Kier molecular flexibility index (Phi) is 3.90. The third-order valence-corrected chi connectivity index (χ3v) is 4.45. The molecule has 0 amide bonds. The van der Waals surface area contributed by atoms with Crippen molar-refractivity contribution in [2.45, 2.75) is 44.6 Å². The molecule has 1 saturated heterocycles. The molecule has 0 N–H and O–H groups in total. The summed E-state index contributed by atoms with van der Waals surface area (Å²) in [6.07, 6.45) is 8.88. The van der Waals surface area contributed by atoms with Crippen LogP contribution in [0, 0.1) is 5.92 Å². The van der Waals surface area contributed by atoms with Crippen molar-refractivity contribution in [1.29, 1.82) is 0 Å². The molecule has 1 aliphatic heterocycles. The molecular formula is C11H20IN. The van der Waals surface area contributed by atoms with Crippen LogP contribution in [-0.2, 0) is 0 Å². The van der Waals surface area contributed by atoms with Crippen molar-refractivity contribution in [2.75, 3.05) is 17.5 Å². The van der Waals surface area contributed by atoms with E-state index in [0.717, 1.165) is 12.0 Å². The molecule has 2 rings (SSSR count). The monoisotopic (exact) mass is 293 g/mol. The Morgan fingerprint density at radius 2 is 2.00 bits per heavy atom. The van der Waals surface area contributed by atoms with E-state index in [1.54, 1.807) is 0 Å². The summed E-state index contributed by atoms with van der Waals surface area (Å²) in [5.41, 5.74) is 0. The molecule has 0 aromatic heterocycles. The molecular weight excluding hydrogens is 273 g/mol. The van der Waals surface area contributed by atoms with Gasteiger partial charge in [0, 0.05) is 10.5 Å². The minimum absolute atomic E-state index is 0.983. The zero-order valence-electron chi connectivity index (χ0n) is 8.34. The van der Waals surface area contributed by atoms with Crippen LogP contribution in [0.15, 0.2) is 0 Å². The van der Waals surface area contributed by atoms with Gasteiger partial charge in [0.2, 0.25) is 0 Å². The molecule has 2 atom stereocenters. The average molecular weight is 293 g/mol. The molecule has 13 heavy (non-hydrogen) atoms. The third kappa shape index (κ3) is 2.38. The Hall–Kier alpha value is 0.690. The highest BCUT2D eigenvalue weighted by atomic mass is 127. The number of hydrogen-bond donors (Lipinski definition) is 0. The summed E-state index contributed by atoms with van der Waals surface area (Å²) in [7, 11) is 0. The van der Waals surface area contributed by atoms with E-state index in [-0.39, 0.29) is 0 Å². The van der Waals surface area contributed by atoms with E-state index in [4.69, 9.17) is 0 Å². The number of hydrogen-bond acceptors (Lipinski definition) is 1. The highest BCUT2D eigenvalue weighted by Crippen LogP contribution is 2.36. The number of rotatable bonds is 3. The molecule has 2 aliphatic rings. The molecule has 0 bridgehead atoms. The van der Waals surface area contributed by atoms with Crippen molar-refractivity contribution >= 4 is 22.6 Å². The maximum Gasteiger partial charge on any atom is 0.0123 e. The number of nitrogens with zero attached hydrogens (tertiary/aromatic N) is 1. The molecule has 76 valence electrons. The SMILES string of the molecule is ICCCN1CCCC2CCCC21. The molecule has 1 aliphatic carbocycles. The van der Waals surface area contributed by atoms with Crippen molar-refractivity contribution in [1.82, 2.24) is 4.90 Å². The van der Waals surface area contributed by atoms with Gasteiger partial charge in [0.05, 0.1) is 0 Å². The molecule has 2 heteroatoms. The minimum Gasteiger partial charge on any atom is -0.300 e. The van der Waals surface area contributed by atoms with Crippen LogP contribution in [0.1, 0.15) is 38.5 Å². The lowest BCUT2D eigenvalue weighted by atomic mass is 9.92. The second kappa shape index (κ2) is 4.96. The smallest absolute Gasteiger partial charge is 0.0123 e. The van der Waals surface area contributed by atoms with Crippen molar-refractivity contribution in [3.8, 4) is 0 Å². The van der Waals surface area contributed by atoms with E-state index >= 15 is 0 Å². The summed E-state index contributed by atoms with van der Waals surface area (Å²) in [6.45, 7) is 2.75. The van der Waals surface area contributed by atoms with E-state index < -0.39 is 0 Å². The molecule has 2 fully saturated rings. The number of piperidine rings is 1. The van der Waals surface area contributed by atoms with Crippen LogP contribution < -0.4 is 0 Å². The van der Waals surface area contributed by atoms with Crippen LogP contribution in [0.3, 0.4) is 0 Å². The molecule has 1 heterocycles. The van der Waals surface area contributed by atoms with Gasteiger partial charge in [-0.3, -0.25) is 0 Å². The topological polar surface area (TPSA) is 3.24 Å². The third-order valence-electron chi connectivity index (χ3n) is 3.69. The zero-order chi connectivity index (χ0) is 9.10. The fourth-order valence-corrected chi connectivity index (χ4v) is 3.44. The van der Waals surface area contributed by atoms with Gasteiger partial charge >= 0.3 is 0 Å². The van der Waals surface area contributed by atoms with Gasteiger partial charge < -0.3 is 4.90 Å². The maximum absolute atomic E-state index is 2.78. The van der Waals surface area contributed by atoms with E-state index in [2.05, 4.69) is 27.5 Å². The minimum atomic E-state index is 0.983. The second-order valence-corrected chi connectivity index (χ2v) is 5.56. The van der Waals surface area contributed by atoms with Gasteiger partial charge in [0.15, 0.2) is 0 Å². The fourth-order valence-electron chi connectivity index (χ4n) is 3.10. The van der Waals surface area contributed by atoms with E-state index in [1.165, 1.54) is 56.0 Å². The van der Waals surface area contributed by atoms with E-state index in [1.807, 2.05) is 0 Å². The Morgan fingerprint density at radius 3 is 2.85 bits per heavy atom. The number of halogens is 1. The highest BCUT2D eigenvalue weighted by molar-refractivity contribution is 14.1. The molecule has 2 unspecified atom stereocenters. The van der Waals surface area contributed by atoms with Crippen LogP contribution in [0.2, 0.25) is 0 Å². The van der Waals surface area contributed by atoms with Gasteiger partial charge in [-0.25, -0.2) is 0 Å². The first-order valence-corrected chi connectivity index (χ1v) is 7.24. The van der Waals surface area contributed by atoms with Crippen molar-refractivity contribution in [2.24, 2.45) is 5.92 Å². The summed E-state index contributed by atoms with van der Waals surface area (Å²) in [5.74, 6) is 1.07. The molecule has 0 aromatic rings. The molecule has 1 nitrogen and oxygen atoms in total. The zero-order valence-corrected chi connectivity index (χ0v) is 10.5. The normalized spacial score (nSPS) is 34.8. The first-order valence-electron chi connectivity index (χ1n) is 5.72. The van der Waals surface area contributed by atoms with Crippen LogP contribution in [0.4, 0.5) is 0 Å². The molecule has 1 saturated carbocycles. The van der Waals surface area contributed by atoms with Gasteiger partial charge in [-0.1, -0.05) is 29.0 Å². The lowest BCUT2D eigenvalue weighted by Gasteiger charge is -2.37. The maximum atomic E-state index is 2.78. The number of likely N-dealkylation sites (tertiary alicyclic amines) is 1. The molecule has 0 aromatic carbocycles. The fraction of sp³-hybridized carbons (Fsp3) is 1.00. The number of fused-ring (bicyclic) bond motifs is 1. The summed E-state index contributed by atoms with van der Waals surface area (Å²) in [6, 6.07) is 0.983. The highest BCUT2D eigenvalue weighted by Gasteiger charge is 2.34. The lowest BCUT2D eigenvalue weighted by Crippen LogP contribution is -2.42. The van der Waals surface area contributed by atoms with Crippen LogP contribution >= 0.6 is 22.6 Å². The van der Waals surface area contributed by atoms with E-state index in [9.17, 15) is 0 Å². The van der Waals surface area contributed by atoms with Crippen molar-refractivity contribution < 1.29 is 0 Å². The first-order chi connectivity index (χ1) is 6.42. The van der Waals surface area contributed by atoms with Gasteiger partial charge in [0.25, 0.3) is 0 Å². The van der Waals surface area contributed by atoms with Gasteiger partial charge in [0.1, 0.15) is 0 Å². The Balaban J connectivity index is 1.86. The molecule has 0 radical (unpaired) electrons. The molecule has 0 spiro atoms. The average Bonchev–Trinajstić information content (AvgIpc) is 2.62. The predicted octanol–water partition coefficient (Wildman–Crippen LogP) is 3.08. The quantitative estimate of drug-likeness (QED) is 0.571. The summed E-state index contributed by atoms with van der Waals surface area (Å²) in [4.78, 5) is 2.78. The van der Waals surface area contributed by atoms with Crippen molar-refractivity contribution in [3.05, 3.63) is 0 Å². The Morgan fingerprint density at radius 1 is 1.15 bits per heavy atom. The predicted molar refractivity (Wildman–Crippen MR) is 65.4 cm³/mol. The Labute approximate surface area is 95.4 Å². The standard InChI is InChI=1S/C11H20IN/c12-7-3-9-13-8-2-5-10-4-1-6-11(10)13/h10-11H,1-9H2. The lowest BCUT2D eigenvalue weighted by molar-refractivity contribution is 0.114. The largest absolute Gasteiger partial charge is 0.300 e. The summed E-state index contributed by atoms with van der Waals surface area (Å²) >= 11 is 2.50. The van der Waals surface area contributed by atoms with Gasteiger partial charge in [-0.05, 0) is 51.1 Å². The van der Waals surface area contributed by atoms with E-state index in [0.29, 0.717) is 0 Å². The first kappa shape index (κ1) is 10.2. The van der Waals surface area contributed by atoms with Gasteiger partial charge in [-0.2, -0.15) is 0 Å². The van der Waals surface area contributed by atoms with Gasteiger partial charge in [-0.15, -0.1) is 0 Å². The summed E-state index contributed by atoms with van der Waals surface area (Å²) < 4.78 is 1.33. The van der Waals surface area contributed by atoms with Crippen molar-refractivity contribution in [3.63, 3.8) is 0 Å². The Bertz CT molecular complexity index is 160. The summed E-state index contributed by atoms with van der Waals surface area (Å²) in [5, 5.41) is 0. The van der Waals surface area contributed by atoms with Crippen LogP contribution in [-0.4, -0.2) is 28.5 Å². The second-order valence-electron chi connectivity index (χ2n) is 4.48. The van der Waals surface area contributed by atoms with Crippen LogP contribution in [0.5, 0.6) is 0 Å².